The summed E-state index contributed by atoms with van der Waals surface area (Å²) in [7, 11) is 0. The van der Waals surface area contributed by atoms with E-state index in [9.17, 15) is 0 Å². The van der Waals surface area contributed by atoms with Gasteiger partial charge in [-0.1, -0.05) is 86.0 Å². The molecule has 6 aromatic carbocycles. The number of para-hydroxylation sites is 3. The Balaban J connectivity index is 0.968. The van der Waals surface area contributed by atoms with Crippen molar-refractivity contribution in [1.82, 2.24) is 9.13 Å². The number of rotatable bonds is 3. The number of aromatic nitrogens is 2. The summed E-state index contributed by atoms with van der Waals surface area (Å²) in [5.74, 6) is 4.25. The van der Waals surface area contributed by atoms with Crippen LogP contribution < -0.4 is 30.8 Å². The lowest BCUT2D eigenvalue weighted by Gasteiger charge is -2.36. The molecule has 0 N–H and O–H groups in total. The van der Waals surface area contributed by atoms with Crippen molar-refractivity contribution < 1.29 is 9.47 Å². The van der Waals surface area contributed by atoms with E-state index in [0.717, 1.165) is 54.1 Å². The van der Waals surface area contributed by atoms with E-state index in [-0.39, 0.29) is 6.71 Å². The first kappa shape index (κ1) is 34.6. The van der Waals surface area contributed by atoms with E-state index in [1.807, 2.05) is 0 Å². The molecule has 1 saturated carbocycles. The lowest BCUT2D eigenvalue weighted by Crippen LogP contribution is -2.57. The Morgan fingerprint density at radius 2 is 1.02 bits per heavy atom. The second kappa shape index (κ2) is 13.2. The summed E-state index contributed by atoms with van der Waals surface area (Å²) in [4.78, 5) is 2.65. The lowest BCUT2D eigenvalue weighted by molar-refractivity contribution is 0.463. The number of hydrogen-bond acceptors (Lipinski definition) is 3. The first-order valence-corrected chi connectivity index (χ1v) is 23.2. The zero-order valence-electron chi connectivity index (χ0n) is 34.6. The van der Waals surface area contributed by atoms with Crippen molar-refractivity contribution in [3.63, 3.8) is 0 Å². The minimum absolute atomic E-state index is 0.0169. The molecule has 0 spiro atoms. The van der Waals surface area contributed by atoms with E-state index in [1.165, 1.54) is 141 Å². The van der Waals surface area contributed by atoms with Crippen LogP contribution in [-0.4, -0.2) is 21.9 Å². The van der Waals surface area contributed by atoms with Gasteiger partial charge in [0.2, 0.25) is 0 Å². The molecule has 0 amide bonds. The zero-order chi connectivity index (χ0) is 39.8. The van der Waals surface area contributed by atoms with Gasteiger partial charge >= 0.3 is 0 Å². The van der Waals surface area contributed by atoms with E-state index in [1.54, 1.807) is 0 Å². The number of benzene rings is 6. The number of aryl methyl sites for hydroxylation is 2. The van der Waals surface area contributed by atoms with Crippen LogP contribution in [0.15, 0.2) is 121 Å². The number of ether oxygens (including phenoxy) is 2. The van der Waals surface area contributed by atoms with Gasteiger partial charge in [-0.05, 0) is 122 Å². The molecule has 5 nitrogen and oxygen atoms in total. The van der Waals surface area contributed by atoms with Gasteiger partial charge in [0.05, 0.1) is 11.0 Å². The van der Waals surface area contributed by atoms with Crippen molar-refractivity contribution in [2.75, 3.05) is 4.90 Å². The molecule has 1 fully saturated rings. The second-order valence-electron chi connectivity index (χ2n) is 18.6. The van der Waals surface area contributed by atoms with E-state index >= 15 is 0 Å². The van der Waals surface area contributed by atoms with Crippen LogP contribution in [0, 0.1) is 0 Å². The van der Waals surface area contributed by atoms with Gasteiger partial charge in [0, 0.05) is 86.6 Å². The van der Waals surface area contributed by atoms with Crippen LogP contribution in [0.1, 0.15) is 91.8 Å². The Morgan fingerprint density at radius 3 is 1.66 bits per heavy atom. The molecule has 8 aromatic rings. The molecular formula is C55H48BN3O2. The Kier molecular flexibility index (Phi) is 7.47. The van der Waals surface area contributed by atoms with Crippen LogP contribution >= 0.6 is 0 Å². The van der Waals surface area contributed by atoms with E-state index in [4.69, 9.17) is 9.47 Å². The van der Waals surface area contributed by atoms with Gasteiger partial charge in [-0.25, -0.2) is 0 Å². The summed E-state index contributed by atoms with van der Waals surface area (Å²) in [6.45, 7) is -0.0169. The van der Waals surface area contributed by atoms with Crippen molar-refractivity contribution in [2.45, 2.75) is 95.4 Å². The lowest BCUT2D eigenvalue weighted by atomic mass is 9.35. The van der Waals surface area contributed by atoms with Crippen molar-refractivity contribution >= 4 is 56.3 Å². The maximum absolute atomic E-state index is 7.25. The second-order valence-corrected chi connectivity index (χ2v) is 18.6. The minimum Gasteiger partial charge on any atom is -0.458 e. The van der Waals surface area contributed by atoms with Crippen LogP contribution in [0.4, 0.5) is 11.4 Å². The molecule has 6 heteroatoms. The molecule has 2 aromatic heterocycles. The Bertz CT molecular complexity index is 2970. The number of nitrogens with zero attached hydrogens (tertiary/aromatic N) is 3. The molecule has 6 aliphatic rings. The highest BCUT2D eigenvalue weighted by molar-refractivity contribution is 6.98. The summed E-state index contributed by atoms with van der Waals surface area (Å²) in [6, 6.07) is 46.4. The van der Waals surface area contributed by atoms with Crippen LogP contribution in [0.3, 0.4) is 0 Å². The van der Waals surface area contributed by atoms with Crippen molar-refractivity contribution in [2.24, 2.45) is 0 Å². The SMILES string of the molecule is c1ccc2c(c1)C1CCCCCC1N2c1cc2c3c(c1)Oc1cc(-n4c5c(c6ccccc64)CCCC5)ccc1B3c1ccc(-n3c4c(c5ccccc53)CCCC4)cc1O2. The molecule has 2 unspecified atom stereocenters. The fourth-order valence-corrected chi connectivity index (χ4v) is 12.9. The third kappa shape index (κ3) is 4.96. The average molecular weight is 794 g/mol. The van der Waals surface area contributed by atoms with Crippen LogP contribution in [0.5, 0.6) is 23.0 Å². The zero-order valence-corrected chi connectivity index (χ0v) is 34.6. The highest BCUT2D eigenvalue weighted by Gasteiger charge is 2.44. The molecule has 0 radical (unpaired) electrons. The predicted octanol–water partition coefficient (Wildman–Crippen LogP) is 11.6. The molecule has 14 rings (SSSR count). The molecule has 3 aliphatic carbocycles. The average Bonchev–Trinajstić information content (AvgIpc) is 3.86. The molecule has 3 aliphatic heterocycles. The quantitative estimate of drug-likeness (QED) is 0.167. The molecule has 0 bridgehead atoms. The van der Waals surface area contributed by atoms with E-state index in [0.29, 0.717) is 12.0 Å². The van der Waals surface area contributed by atoms with E-state index in [2.05, 4.69) is 135 Å². The standard InChI is InChI=1S/C55H48BN3O2/c1-2-14-37-42-19-8-13-25-50(42)59(49(37)20-3-1)36-32-53-55-54(33-36)61-52-31-35(58-47-23-11-6-17-40(47)41-18-7-12-24-48(41)58)27-29-44(52)56(55)43-28-26-34(30-51(43)60-53)57-45-21-9-4-15-38(45)39-16-5-10-22-46(39)57/h4,6,8-9,11,13,15,17,19,21,23,25-33,37,49H,1-3,5,7,10,12,14,16,18,20,22,24H2. The normalized spacial score (nSPS) is 19.5. The van der Waals surface area contributed by atoms with Crippen LogP contribution in [-0.2, 0) is 25.7 Å². The maximum Gasteiger partial charge on any atom is 0.260 e. The van der Waals surface area contributed by atoms with E-state index < -0.39 is 0 Å². The summed E-state index contributed by atoms with van der Waals surface area (Å²) >= 11 is 0. The molecule has 61 heavy (non-hydrogen) atoms. The number of fused-ring (bicyclic) bond motifs is 13. The Morgan fingerprint density at radius 1 is 0.475 bits per heavy atom. The van der Waals surface area contributed by atoms with Crippen molar-refractivity contribution in [3.8, 4) is 34.4 Å². The minimum atomic E-state index is -0.0169. The predicted molar refractivity (Wildman–Crippen MR) is 249 cm³/mol. The smallest absolute Gasteiger partial charge is 0.260 e. The molecule has 5 heterocycles. The van der Waals surface area contributed by atoms with Gasteiger partial charge in [-0.3, -0.25) is 0 Å². The van der Waals surface area contributed by atoms with Gasteiger partial charge in [-0.15, -0.1) is 0 Å². The molecule has 0 saturated heterocycles. The fraction of sp³-hybridized carbons (Fsp3) is 0.273. The Labute approximate surface area is 357 Å². The largest absolute Gasteiger partial charge is 0.458 e. The molecular weight excluding hydrogens is 745 g/mol. The third-order valence-electron chi connectivity index (χ3n) is 15.5. The monoisotopic (exact) mass is 793 g/mol. The summed E-state index contributed by atoms with van der Waals surface area (Å²) in [5, 5.41) is 2.79. The fourth-order valence-electron chi connectivity index (χ4n) is 12.9. The van der Waals surface area contributed by atoms with Gasteiger partial charge < -0.3 is 23.5 Å². The van der Waals surface area contributed by atoms with Gasteiger partial charge in [-0.2, -0.15) is 0 Å². The number of anilines is 2. The molecule has 2 atom stereocenters. The first-order valence-electron chi connectivity index (χ1n) is 23.2. The topological polar surface area (TPSA) is 31.6 Å². The Hall–Kier alpha value is -6.14. The van der Waals surface area contributed by atoms with Crippen LogP contribution in [0.25, 0.3) is 33.2 Å². The van der Waals surface area contributed by atoms with Crippen molar-refractivity contribution in [3.05, 3.63) is 149 Å². The van der Waals surface area contributed by atoms with Crippen LogP contribution in [0.2, 0.25) is 0 Å². The first-order chi connectivity index (χ1) is 30.3. The highest BCUT2D eigenvalue weighted by Crippen LogP contribution is 2.52. The summed E-state index contributed by atoms with van der Waals surface area (Å²) in [5.41, 5.74) is 18.5. The maximum atomic E-state index is 7.25. The van der Waals surface area contributed by atoms with Gasteiger partial charge in [0.1, 0.15) is 23.0 Å². The van der Waals surface area contributed by atoms with Gasteiger partial charge in [0.15, 0.2) is 0 Å². The van der Waals surface area contributed by atoms with Crippen molar-refractivity contribution in [1.29, 1.82) is 0 Å². The summed E-state index contributed by atoms with van der Waals surface area (Å²) < 4.78 is 19.6. The third-order valence-corrected chi connectivity index (χ3v) is 15.5. The summed E-state index contributed by atoms with van der Waals surface area (Å²) in [6.07, 6.45) is 15.8. The highest BCUT2D eigenvalue weighted by atomic mass is 16.5. The van der Waals surface area contributed by atoms with Gasteiger partial charge in [0.25, 0.3) is 6.71 Å². The molecule has 298 valence electrons. The number of hydrogen-bond donors (Lipinski definition) is 0.